The average Bonchev–Trinajstić information content (AvgIpc) is 2.49. The van der Waals surface area contributed by atoms with Crippen molar-refractivity contribution in [3.63, 3.8) is 0 Å². The molecule has 1 atom stereocenters. The summed E-state index contributed by atoms with van der Waals surface area (Å²) in [5, 5.41) is 0. The summed E-state index contributed by atoms with van der Waals surface area (Å²) in [7, 11) is 0. The molecule has 1 aromatic rings. The summed E-state index contributed by atoms with van der Waals surface area (Å²) in [6.07, 6.45) is 1.13. The summed E-state index contributed by atoms with van der Waals surface area (Å²) in [5.41, 5.74) is 8.57. The molecule has 2 rings (SSSR count). The SMILES string of the molecule is Cc1cc(Br)cc(CN2CCC(N)C2)c1. The van der Waals surface area contributed by atoms with Crippen LogP contribution in [0.2, 0.25) is 0 Å². The minimum absolute atomic E-state index is 0.373. The Kier molecular flexibility index (Phi) is 3.44. The molecule has 0 saturated carbocycles. The molecule has 0 aliphatic carbocycles. The number of hydrogen-bond donors (Lipinski definition) is 1. The van der Waals surface area contributed by atoms with Gasteiger partial charge in [0.15, 0.2) is 0 Å². The molecule has 1 fully saturated rings. The Balaban J connectivity index is 2.04. The van der Waals surface area contributed by atoms with E-state index in [9.17, 15) is 0 Å². The van der Waals surface area contributed by atoms with Crippen molar-refractivity contribution in [2.24, 2.45) is 5.73 Å². The van der Waals surface area contributed by atoms with E-state index in [4.69, 9.17) is 5.73 Å². The van der Waals surface area contributed by atoms with E-state index in [1.807, 2.05) is 0 Å². The molecular formula is C12H17BrN2. The normalized spacial score (nSPS) is 22.2. The first-order valence-electron chi connectivity index (χ1n) is 5.37. The van der Waals surface area contributed by atoms with E-state index < -0.39 is 0 Å². The number of nitrogens with zero attached hydrogens (tertiary/aromatic N) is 1. The number of aryl methyl sites for hydroxylation is 1. The predicted octanol–water partition coefficient (Wildman–Crippen LogP) is 2.29. The van der Waals surface area contributed by atoms with E-state index in [0.29, 0.717) is 6.04 Å². The second-order valence-electron chi connectivity index (χ2n) is 4.42. The molecule has 1 heterocycles. The molecular weight excluding hydrogens is 252 g/mol. The lowest BCUT2D eigenvalue weighted by Gasteiger charge is -2.15. The highest BCUT2D eigenvalue weighted by Gasteiger charge is 2.18. The summed E-state index contributed by atoms with van der Waals surface area (Å²) in [6, 6.07) is 6.95. The highest BCUT2D eigenvalue weighted by Crippen LogP contribution is 2.18. The summed E-state index contributed by atoms with van der Waals surface area (Å²) in [6.45, 7) is 5.32. The van der Waals surface area contributed by atoms with Crippen LogP contribution in [0.25, 0.3) is 0 Å². The van der Waals surface area contributed by atoms with Crippen LogP contribution in [0.3, 0.4) is 0 Å². The molecule has 1 saturated heterocycles. The van der Waals surface area contributed by atoms with Crippen molar-refractivity contribution >= 4 is 15.9 Å². The first-order valence-corrected chi connectivity index (χ1v) is 6.17. The smallest absolute Gasteiger partial charge is 0.0234 e. The minimum atomic E-state index is 0.373. The third-order valence-electron chi connectivity index (χ3n) is 2.82. The number of likely N-dealkylation sites (tertiary alicyclic amines) is 1. The lowest BCUT2D eigenvalue weighted by molar-refractivity contribution is 0.327. The van der Waals surface area contributed by atoms with E-state index in [-0.39, 0.29) is 0 Å². The highest BCUT2D eigenvalue weighted by atomic mass is 79.9. The number of benzene rings is 1. The van der Waals surface area contributed by atoms with Crippen molar-refractivity contribution in [1.29, 1.82) is 0 Å². The van der Waals surface area contributed by atoms with Crippen molar-refractivity contribution in [3.05, 3.63) is 33.8 Å². The summed E-state index contributed by atoms with van der Waals surface area (Å²) in [4.78, 5) is 2.42. The van der Waals surface area contributed by atoms with Crippen LogP contribution in [0.4, 0.5) is 0 Å². The van der Waals surface area contributed by atoms with Gasteiger partial charge in [-0.3, -0.25) is 4.90 Å². The van der Waals surface area contributed by atoms with Crippen LogP contribution < -0.4 is 5.73 Å². The molecule has 1 aliphatic heterocycles. The van der Waals surface area contributed by atoms with Crippen LogP contribution in [-0.4, -0.2) is 24.0 Å². The van der Waals surface area contributed by atoms with Crippen LogP contribution in [-0.2, 0) is 6.54 Å². The molecule has 0 bridgehead atoms. The molecule has 1 aromatic carbocycles. The molecule has 0 aromatic heterocycles. The molecule has 2 N–H and O–H groups in total. The zero-order chi connectivity index (χ0) is 10.8. The zero-order valence-corrected chi connectivity index (χ0v) is 10.6. The Morgan fingerprint density at radius 1 is 1.47 bits per heavy atom. The van der Waals surface area contributed by atoms with E-state index in [1.165, 1.54) is 15.6 Å². The maximum Gasteiger partial charge on any atom is 0.0234 e. The number of hydrogen-bond acceptors (Lipinski definition) is 2. The monoisotopic (exact) mass is 268 g/mol. The van der Waals surface area contributed by atoms with Crippen molar-refractivity contribution in [2.45, 2.75) is 25.9 Å². The van der Waals surface area contributed by atoms with Gasteiger partial charge in [-0.25, -0.2) is 0 Å². The fourth-order valence-electron chi connectivity index (χ4n) is 2.17. The third kappa shape index (κ3) is 3.03. The van der Waals surface area contributed by atoms with Gasteiger partial charge in [0.1, 0.15) is 0 Å². The molecule has 0 amide bonds. The first-order chi connectivity index (χ1) is 7.13. The van der Waals surface area contributed by atoms with Crippen LogP contribution in [0, 0.1) is 6.92 Å². The number of halogens is 1. The van der Waals surface area contributed by atoms with Gasteiger partial charge in [-0.15, -0.1) is 0 Å². The Morgan fingerprint density at radius 3 is 2.87 bits per heavy atom. The molecule has 15 heavy (non-hydrogen) atoms. The Labute approximate surface area is 99.6 Å². The predicted molar refractivity (Wildman–Crippen MR) is 66.7 cm³/mol. The molecule has 2 nitrogen and oxygen atoms in total. The van der Waals surface area contributed by atoms with Gasteiger partial charge in [0.25, 0.3) is 0 Å². The molecule has 0 radical (unpaired) electrons. The maximum atomic E-state index is 5.89. The van der Waals surface area contributed by atoms with E-state index >= 15 is 0 Å². The van der Waals surface area contributed by atoms with Gasteiger partial charge in [0, 0.05) is 30.1 Å². The van der Waals surface area contributed by atoms with Crippen molar-refractivity contribution in [3.8, 4) is 0 Å². The van der Waals surface area contributed by atoms with Crippen LogP contribution in [0.1, 0.15) is 17.5 Å². The largest absolute Gasteiger partial charge is 0.326 e. The van der Waals surface area contributed by atoms with Crippen LogP contribution >= 0.6 is 15.9 Å². The average molecular weight is 269 g/mol. The van der Waals surface area contributed by atoms with E-state index in [2.05, 4.69) is 46.0 Å². The van der Waals surface area contributed by atoms with E-state index in [0.717, 1.165) is 26.1 Å². The first kappa shape index (κ1) is 11.1. The summed E-state index contributed by atoms with van der Waals surface area (Å²) < 4.78 is 1.17. The Morgan fingerprint density at radius 2 is 2.27 bits per heavy atom. The quantitative estimate of drug-likeness (QED) is 0.892. The van der Waals surface area contributed by atoms with Crippen molar-refractivity contribution in [2.75, 3.05) is 13.1 Å². The minimum Gasteiger partial charge on any atom is -0.326 e. The fraction of sp³-hybridized carbons (Fsp3) is 0.500. The molecule has 0 spiro atoms. The molecule has 1 unspecified atom stereocenters. The second kappa shape index (κ2) is 4.64. The van der Waals surface area contributed by atoms with Gasteiger partial charge in [-0.2, -0.15) is 0 Å². The second-order valence-corrected chi connectivity index (χ2v) is 5.34. The summed E-state index contributed by atoms with van der Waals surface area (Å²) >= 11 is 3.53. The Bertz CT molecular complexity index is 331. The molecule has 3 heteroatoms. The standard InChI is InChI=1S/C12H17BrN2/c1-9-4-10(6-11(13)5-9)7-15-3-2-12(14)8-15/h4-6,12H,2-3,7-8,14H2,1H3. The molecule has 82 valence electrons. The van der Waals surface area contributed by atoms with Crippen molar-refractivity contribution in [1.82, 2.24) is 4.90 Å². The Hall–Kier alpha value is -0.380. The number of nitrogens with two attached hydrogens (primary N) is 1. The van der Waals surface area contributed by atoms with Crippen molar-refractivity contribution < 1.29 is 0 Å². The van der Waals surface area contributed by atoms with Gasteiger partial charge < -0.3 is 5.73 Å². The third-order valence-corrected chi connectivity index (χ3v) is 3.27. The van der Waals surface area contributed by atoms with Gasteiger partial charge >= 0.3 is 0 Å². The lowest BCUT2D eigenvalue weighted by Crippen LogP contribution is -2.26. The maximum absolute atomic E-state index is 5.89. The van der Waals surface area contributed by atoms with E-state index in [1.54, 1.807) is 0 Å². The fourth-order valence-corrected chi connectivity index (χ4v) is 2.82. The summed E-state index contributed by atoms with van der Waals surface area (Å²) in [5.74, 6) is 0. The molecule has 1 aliphatic rings. The van der Waals surface area contributed by atoms with Gasteiger partial charge in [-0.1, -0.05) is 22.0 Å². The van der Waals surface area contributed by atoms with Gasteiger partial charge in [-0.05, 0) is 36.6 Å². The van der Waals surface area contributed by atoms with Gasteiger partial charge in [0.2, 0.25) is 0 Å². The topological polar surface area (TPSA) is 29.3 Å². The van der Waals surface area contributed by atoms with Gasteiger partial charge in [0.05, 0.1) is 0 Å². The lowest BCUT2D eigenvalue weighted by atomic mass is 10.1. The number of rotatable bonds is 2. The van der Waals surface area contributed by atoms with Crippen LogP contribution in [0.15, 0.2) is 22.7 Å². The highest BCUT2D eigenvalue weighted by molar-refractivity contribution is 9.10. The zero-order valence-electron chi connectivity index (χ0n) is 9.04. The van der Waals surface area contributed by atoms with Crippen LogP contribution in [0.5, 0.6) is 0 Å².